The van der Waals surface area contributed by atoms with Gasteiger partial charge in [-0.2, -0.15) is 15.3 Å². The molecular weight excluding hydrogens is 1390 g/mol. The summed E-state index contributed by atoms with van der Waals surface area (Å²) < 4.78 is 17.7. The van der Waals surface area contributed by atoms with Crippen molar-refractivity contribution in [3.63, 3.8) is 0 Å². The molecule has 0 aliphatic carbocycles. The molecule has 0 radical (unpaired) electrons. The van der Waals surface area contributed by atoms with Gasteiger partial charge >= 0.3 is 0 Å². The van der Waals surface area contributed by atoms with Crippen LogP contribution in [-0.4, -0.2) is 180 Å². The summed E-state index contributed by atoms with van der Waals surface area (Å²) in [6, 6.07) is 58.5. The van der Waals surface area contributed by atoms with Crippen molar-refractivity contribution >= 4 is 73.2 Å². The molecule has 111 heavy (non-hydrogen) atoms. The fourth-order valence-electron chi connectivity index (χ4n) is 15.1. The first-order chi connectivity index (χ1) is 54.0. The molecule has 574 valence electrons. The number of fused-ring (bicyclic) bond motifs is 3. The maximum absolute atomic E-state index is 12.9. The third-order valence-electron chi connectivity index (χ3n) is 20.5. The molecule has 2 atom stereocenters. The number of pyridine rings is 3. The molecule has 12 aromatic rings. The lowest BCUT2D eigenvalue weighted by Gasteiger charge is -2.30. The summed E-state index contributed by atoms with van der Waals surface area (Å²) in [5.41, 5.74) is 19.4. The molecule has 3 N–H and O–H groups in total. The van der Waals surface area contributed by atoms with Crippen LogP contribution in [0.15, 0.2) is 213 Å². The summed E-state index contributed by atoms with van der Waals surface area (Å²) in [6.07, 6.45) is 14.6. The van der Waals surface area contributed by atoms with Crippen molar-refractivity contribution in [1.29, 1.82) is 0 Å². The van der Waals surface area contributed by atoms with E-state index in [1.165, 1.54) is 18.2 Å². The molecule has 3 aliphatic heterocycles. The number of ether oxygens (including phenoxy) is 2. The van der Waals surface area contributed by atoms with E-state index in [0.29, 0.717) is 11.7 Å². The zero-order valence-electron chi connectivity index (χ0n) is 64.7. The van der Waals surface area contributed by atoms with E-state index in [-0.39, 0.29) is 55.2 Å². The molecular formula is C88H101N17O6. The van der Waals surface area contributed by atoms with E-state index >= 15 is 0 Å². The summed E-state index contributed by atoms with van der Waals surface area (Å²) in [5.74, 6) is 1.37. The Bertz CT molecular complexity index is 5120. The van der Waals surface area contributed by atoms with Crippen LogP contribution in [0.1, 0.15) is 113 Å². The number of benzene rings is 6. The average Bonchev–Trinajstić information content (AvgIpc) is 0.860. The Morgan fingerprint density at radius 3 is 1.68 bits per heavy atom. The number of ketones is 2. The van der Waals surface area contributed by atoms with Gasteiger partial charge in [-0.15, -0.1) is 0 Å². The van der Waals surface area contributed by atoms with Gasteiger partial charge in [0.1, 0.15) is 34.7 Å². The smallest absolute Gasteiger partial charge is 0.255 e. The molecule has 23 heteroatoms. The van der Waals surface area contributed by atoms with Crippen LogP contribution in [0.3, 0.4) is 0 Å². The van der Waals surface area contributed by atoms with Gasteiger partial charge in [0.2, 0.25) is 5.91 Å². The molecule has 6 aromatic heterocycles. The number of carbonyl (C=O) groups excluding carboxylic acids is 4. The van der Waals surface area contributed by atoms with Crippen molar-refractivity contribution in [3.05, 3.63) is 241 Å². The molecule has 9 heterocycles. The Morgan fingerprint density at radius 2 is 1.05 bits per heavy atom. The molecule has 2 amide bonds. The van der Waals surface area contributed by atoms with Crippen LogP contribution < -0.4 is 35.2 Å². The van der Waals surface area contributed by atoms with Gasteiger partial charge in [0.15, 0.2) is 12.4 Å². The molecule has 15 rings (SSSR count). The minimum absolute atomic E-state index is 0.0457. The molecule has 3 fully saturated rings. The quantitative estimate of drug-likeness (QED) is 0.0605. The number of nitrogens with one attached hydrogen (secondary N) is 1. The van der Waals surface area contributed by atoms with Gasteiger partial charge in [0.25, 0.3) is 5.91 Å². The SMILES string of the molecule is CC(=O)C(c1ccn(-c2ccccc2)n1)N1CCCN(c2c(OC(C)C)ccc3cccnc23)CC1.CC(=O)CNC(=O)CC(c1ccn(-c2ccccc2)n1)N1CCCN(c2cc(C(C)C)cc3cccnc23)CC1.Cc1cc2cccnc2c(N2CCCN(Cc3ccn(-c4ccccc4)n3)CC2)c1OCC(N)=O. The number of aromatic nitrogens is 9. The highest BCUT2D eigenvalue weighted by atomic mass is 16.5. The molecule has 2 unspecified atom stereocenters. The van der Waals surface area contributed by atoms with Gasteiger partial charge in [0, 0.05) is 145 Å². The van der Waals surface area contributed by atoms with Crippen LogP contribution in [0.4, 0.5) is 17.1 Å². The predicted octanol–water partition coefficient (Wildman–Crippen LogP) is 13.2. The molecule has 0 spiro atoms. The maximum atomic E-state index is 12.9. The fourth-order valence-corrected chi connectivity index (χ4v) is 15.1. The zero-order chi connectivity index (χ0) is 77.3. The standard InChI is InChI=1S/C32H38N6O2.C29H33N5O2.C27H30N6O2/c1-23(2)26-19-25-9-7-13-33-32(25)30(20-26)37-15-8-14-36(17-18-37)29(21-31(40)34-22-24(3)39)28-12-16-38(35-28)27-10-5-4-6-11-27;1-21(2)36-26-13-12-23-9-7-15-30-27(23)29(26)33-17-8-16-32(19-20-33)28(22(3)35)25-14-18-34(31-25)24-10-5-4-6-11-24;1-20-17-21-7-5-11-29-25(21)26(27(20)35-19-24(28)34)32-13-6-12-31(15-16-32)18-22-10-14-33(30-22)23-8-3-2-4-9-23/h4-7,9-13,16,19-20,23,29H,8,14-15,17-18,21-22H2,1-3H3,(H,34,40);4-7,9-15,18,21,28H,8,16-17,19-20H2,1-3H3;2-5,7-11,14,17H,6,12-13,15-16,18-19H2,1H3,(H2,28,34). The van der Waals surface area contributed by atoms with Crippen LogP contribution in [0.25, 0.3) is 49.8 Å². The first-order valence-corrected chi connectivity index (χ1v) is 38.7. The van der Waals surface area contributed by atoms with Crippen molar-refractivity contribution in [3.8, 4) is 28.6 Å². The Hall–Kier alpha value is -11.7. The lowest BCUT2D eigenvalue weighted by atomic mass is 9.99. The number of nitrogens with two attached hydrogens (primary N) is 1. The number of aryl methyl sites for hydroxylation is 1. The largest absolute Gasteiger partial charge is 0.489 e. The molecule has 23 nitrogen and oxygen atoms in total. The van der Waals surface area contributed by atoms with E-state index in [4.69, 9.17) is 40.5 Å². The van der Waals surface area contributed by atoms with E-state index in [1.54, 1.807) is 13.1 Å². The fraction of sp³-hybridized carbons (Fsp3) is 0.341. The predicted molar refractivity (Wildman–Crippen MR) is 439 cm³/mol. The van der Waals surface area contributed by atoms with Crippen molar-refractivity contribution in [2.24, 2.45) is 5.73 Å². The van der Waals surface area contributed by atoms with E-state index in [1.807, 2.05) is 175 Å². The number of hydrogen-bond acceptors (Lipinski definition) is 18. The van der Waals surface area contributed by atoms with Gasteiger partial charge < -0.3 is 35.2 Å². The number of amides is 2. The highest BCUT2D eigenvalue weighted by molar-refractivity contribution is 5.97. The van der Waals surface area contributed by atoms with E-state index in [2.05, 4.69) is 120 Å². The molecule has 0 saturated carbocycles. The van der Waals surface area contributed by atoms with E-state index in [9.17, 15) is 19.2 Å². The van der Waals surface area contributed by atoms with Crippen molar-refractivity contribution in [2.75, 3.05) is 106 Å². The van der Waals surface area contributed by atoms with Crippen LogP contribution in [0.5, 0.6) is 11.5 Å². The number of carbonyl (C=O) groups is 4. The number of primary amides is 1. The Balaban J connectivity index is 0.000000146. The second-order valence-corrected chi connectivity index (χ2v) is 29.3. The maximum Gasteiger partial charge on any atom is 0.255 e. The van der Waals surface area contributed by atoms with Crippen LogP contribution in [-0.2, 0) is 25.7 Å². The normalized spacial score (nSPS) is 15.2. The summed E-state index contributed by atoms with van der Waals surface area (Å²) in [6.45, 7) is 24.5. The highest BCUT2D eigenvalue weighted by Gasteiger charge is 2.33. The van der Waals surface area contributed by atoms with Crippen LogP contribution in [0.2, 0.25) is 0 Å². The molecule has 0 bridgehead atoms. The summed E-state index contributed by atoms with van der Waals surface area (Å²) in [5, 5.41) is 20.5. The number of anilines is 3. The minimum atomic E-state index is -0.492. The zero-order valence-corrected chi connectivity index (χ0v) is 64.7. The minimum Gasteiger partial charge on any atom is -0.489 e. The van der Waals surface area contributed by atoms with Crippen LogP contribution in [0, 0.1) is 6.92 Å². The Kier molecular flexibility index (Phi) is 25.6. The first-order valence-electron chi connectivity index (χ1n) is 38.7. The van der Waals surface area contributed by atoms with Crippen molar-refractivity contribution < 1.29 is 28.7 Å². The molecule has 3 aliphatic rings. The summed E-state index contributed by atoms with van der Waals surface area (Å²) in [7, 11) is 0. The lowest BCUT2D eigenvalue weighted by Crippen LogP contribution is -2.38. The third kappa shape index (κ3) is 19.5. The molecule has 3 saturated heterocycles. The first kappa shape index (κ1) is 77.5. The summed E-state index contributed by atoms with van der Waals surface area (Å²) in [4.78, 5) is 77.1. The van der Waals surface area contributed by atoms with Gasteiger partial charge in [-0.25, -0.2) is 14.0 Å². The second kappa shape index (κ2) is 36.7. The topological polar surface area (TPSA) is 236 Å². The second-order valence-electron chi connectivity index (χ2n) is 29.3. The number of rotatable bonds is 23. The van der Waals surface area contributed by atoms with E-state index in [0.717, 1.165) is 194 Å². The van der Waals surface area contributed by atoms with Gasteiger partial charge in [0.05, 0.1) is 75.1 Å². The van der Waals surface area contributed by atoms with Crippen molar-refractivity contribution in [1.82, 2.24) is 64.3 Å². The average molecular weight is 1490 g/mol. The summed E-state index contributed by atoms with van der Waals surface area (Å²) >= 11 is 0. The van der Waals surface area contributed by atoms with Gasteiger partial charge in [-0.05, 0) is 174 Å². The molecule has 6 aromatic carbocycles. The number of nitrogens with zero attached hydrogens (tertiary/aromatic N) is 15. The van der Waals surface area contributed by atoms with E-state index < -0.39 is 5.91 Å². The number of Topliss-reactive ketones (excluding diaryl/α,β-unsaturated/α-hetero) is 2. The van der Waals surface area contributed by atoms with Crippen LogP contribution >= 0.6 is 0 Å². The van der Waals surface area contributed by atoms with Gasteiger partial charge in [-0.1, -0.05) is 86.6 Å². The lowest BCUT2D eigenvalue weighted by molar-refractivity contribution is -0.125. The monoisotopic (exact) mass is 1490 g/mol. The van der Waals surface area contributed by atoms with Gasteiger partial charge in [-0.3, -0.25) is 48.8 Å². The number of para-hydroxylation sites is 3. The van der Waals surface area contributed by atoms with Crippen molar-refractivity contribution in [2.45, 2.75) is 105 Å². The highest BCUT2D eigenvalue weighted by Crippen LogP contribution is 2.41. The Morgan fingerprint density at radius 1 is 0.514 bits per heavy atom. The third-order valence-corrected chi connectivity index (χ3v) is 20.5. The number of hydrogen-bond donors (Lipinski definition) is 2. The Labute approximate surface area is 649 Å².